The molecule has 0 radical (unpaired) electrons. The molecule has 3 N–H and O–H groups in total. The quantitative estimate of drug-likeness (QED) is 0.669. The highest BCUT2D eigenvalue weighted by Gasteiger charge is 2.12. The van der Waals surface area contributed by atoms with Crippen molar-refractivity contribution in [2.75, 3.05) is 0 Å². The van der Waals surface area contributed by atoms with Gasteiger partial charge in [0.05, 0.1) is 16.8 Å². The summed E-state index contributed by atoms with van der Waals surface area (Å²) in [5, 5.41) is 0.608. The largest absolute Gasteiger partial charge is 0.271 e. The Morgan fingerprint density at radius 1 is 1.22 bits per heavy atom. The molecule has 2 heterocycles. The predicted molar refractivity (Wildman–Crippen MR) is 75.0 cm³/mol. The molecule has 1 atom stereocenters. The van der Waals surface area contributed by atoms with Crippen LogP contribution in [0.5, 0.6) is 0 Å². The predicted octanol–water partition coefficient (Wildman–Crippen LogP) is 2.64. The fraction of sp³-hybridized carbons (Fsp3) is 0.167. The average molecular weight is 328 g/mol. The zero-order valence-corrected chi connectivity index (χ0v) is 11.8. The summed E-state index contributed by atoms with van der Waals surface area (Å²) < 4.78 is 0.952. The Bertz CT molecular complexity index is 500. The molecule has 0 spiro atoms. The van der Waals surface area contributed by atoms with Gasteiger partial charge in [-0.3, -0.25) is 21.2 Å². The fourth-order valence-corrected chi connectivity index (χ4v) is 1.92. The van der Waals surface area contributed by atoms with Gasteiger partial charge in [0.15, 0.2) is 0 Å². The maximum Gasteiger partial charge on any atom is 0.0687 e. The van der Waals surface area contributed by atoms with E-state index in [1.807, 2.05) is 18.2 Å². The molecule has 0 aliphatic carbocycles. The van der Waals surface area contributed by atoms with Gasteiger partial charge >= 0.3 is 0 Å². The molecular formula is C12H12BrClN4. The summed E-state index contributed by atoms with van der Waals surface area (Å²) in [5.74, 6) is 5.56. The molecule has 0 aliphatic rings. The minimum Gasteiger partial charge on any atom is -0.271 e. The lowest BCUT2D eigenvalue weighted by molar-refractivity contribution is 0.533. The van der Waals surface area contributed by atoms with Gasteiger partial charge in [-0.1, -0.05) is 11.6 Å². The van der Waals surface area contributed by atoms with Crippen molar-refractivity contribution < 1.29 is 0 Å². The van der Waals surface area contributed by atoms with Crippen molar-refractivity contribution in [1.29, 1.82) is 0 Å². The minimum atomic E-state index is -0.0871. The number of aromatic nitrogens is 2. The lowest BCUT2D eigenvalue weighted by atomic mass is 10.1. The van der Waals surface area contributed by atoms with Gasteiger partial charge in [-0.2, -0.15) is 0 Å². The first kappa shape index (κ1) is 13.4. The molecule has 1 unspecified atom stereocenters. The van der Waals surface area contributed by atoms with Crippen LogP contribution in [-0.4, -0.2) is 9.97 Å². The van der Waals surface area contributed by atoms with Gasteiger partial charge in [-0.05, 0) is 40.2 Å². The van der Waals surface area contributed by atoms with Crippen LogP contribution in [0, 0.1) is 0 Å². The van der Waals surface area contributed by atoms with Crippen LogP contribution in [0.3, 0.4) is 0 Å². The summed E-state index contributed by atoms with van der Waals surface area (Å²) in [5.41, 5.74) is 4.53. The molecule has 0 fully saturated rings. The summed E-state index contributed by atoms with van der Waals surface area (Å²) in [4.78, 5) is 8.56. The van der Waals surface area contributed by atoms with E-state index in [-0.39, 0.29) is 6.04 Å². The molecule has 2 aromatic heterocycles. The van der Waals surface area contributed by atoms with Crippen molar-refractivity contribution in [2.45, 2.75) is 12.5 Å². The van der Waals surface area contributed by atoms with Crippen molar-refractivity contribution in [1.82, 2.24) is 15.4 Å². The van der Waals surface area contributed by atoms with Crippen LogP contribution in [0.25, 0.3) is 0 Å². The highest BCUT2D eigenvalue weighted by Crippen LogP contribution is 2.17. The number of nitrogens with one attached hydrogen (secondary N) is 1. The van der Waals surface area contributed by atoms with E-state index in [0.717, 1.165) is 15.9 Å². The van der Waals surface area contributed by atoms with Gasteiger partial charge in [-0.15, -0.1) is 0 Å². The molecule has 0 amide bonds. The molecular weight excluding hydrogens is 316 g/mol. The number of pyridine rings is 2. The van der Waals surface area contributed by atoms with Crippen LogP contribution >= 0.6 is 27.5 Å². The number of nitrogens with zero attached hydrogens (tertiary/aromatic N) is 2. The Morgan fingerprint density at radius 2 is 2.06 bits per heavy atom. The maximum atomic E-state index is 5.81. The molecule has 0 bridgehead atoms. The molecule has 18 heavy (non-hydrogen) atoms. The maximum absolute atomic E-state index is 5.81. The van der Waals surface area contributed by atoms with Crippen molar-refractivity contribution in [3.8, 4) is 0 Å². The van der Waals surface area contributed by atoms with Crippen LogP contribution in [-0.2, 0) is 6.42 Å². The van der Waals surface area contributed by atoms with Gasteiger partial charge < -0.3 is 0 Å². The van der Waals surface area contributed by atoms with Crippen LogP contribution < -0.4 is 11.3 Å². The minimum absolute atomic E-state index is 0.0871. The first-order chi connectivity index (χ1) is 8.69. The summed E-state index contributed by atoms with van der Waals surface area (Å²) in [6, 6.07) is 7.46. The van der Waals surface area contributed by atoms with E-state index in [1.165, 1.54) is 0 Å². The normalized spacial score (nSPS) is 12.4. The fourth-order valence-electron chi connectivity index (χ4n) is 1.58. The first-order valence-corrected chi connectivity index (χ1v) is 6.54. The number of rotatable bonds is 4. The highest BCUT2D eigenvalue weighted by atomic mass is 79.9. The Morgan fingerprint density at radius 3 is 2.61 bits per heavy atom. The van der Waals surface area contributed by atoms with Crippen molar-refractivity contribution in [3.63, 3.8) is 0 Å². The third-order valence-electron chi connectivity index (χ3n) is 2.51. The van der Waals surface area contributed by atoms with E-state index in [2.05, 4.69) is 31.3 Å². The number of nitrogens with two attached hydrogens (primary N) is 1. The second-order valence-electron chi connectivity index (χ2n) is 3.79. The molecule has 94 valence electrons. The Kier molecular flexibility index (Phi) is 4.66. The molecule has 4 nitrogen and oxygen atoms in total. The van der Waals surface area contributed by atoms with Crippen molar-refractivity contribution in [3.05, 3.63) is 57.5 Å². The molecule has 6 heteroatoms. The van der Waals surface area contributed by atoms with E-state index in [4.69, 9.17) is 17.4 Å². The third kappa shape index (κ3) is 3.49. The zero-order valence-electron chi connectivity index (χ0n) is 9.48. The summed E-state index contributed by atoms with van der Waals surface area (Å²) in [6.45, 7) is 0. The Labute approximate surface area is 119 Å². The monoisotopic (exact) mass is 326 g/mol. The second-order valence-corrected chi connectivity index (χ2v) is 5.14. The Hall–Kier alpha value is -1.01. The SMILES string of the molecule is NNC(Cc1ccc(Br)cn1)c1ccc(Cl)cn1. The zero-order chi connectivity index (χ0) is 13.0. The first-order valence-electron chi connectivity index (χ1n) is 5.37. The van der Waals surface area contributed by atoms with Crippen LogP contribution in [0.1, 0.15) is 17.4 Å². The van der Waals surface area contributed by atoms with Gasteiger partial charge in [0.1, 0.15) is 0 Å². The molecule has 0 aromatic carbocycles. The smallest absolute Gasteiger partial charge is 0.0687 e. The number of halogens is 2. The van der Waals surface area contributed by atoms with Crippen molar-refractivity contribution in [2.24, 2.45) is 5.84 Å². The molecule has 0 saturated heterocycles. The highest BCUT2D eigenvalue weighted by molar-refractivity contribution is 9.10. The number of hydrazine groups is 1. The Balaban J connectivity index is 2.14. The van der Waals surface area contributed by atoms with Crippen molar-refractivity contribution >= 4 is 27.5 Å². The summed E-state index contributed by atoms with van der Waals surface area (Å²) in [7, 11) is 0. The number of hydrogen-bond acceptors (Lipinski definition) is 4. The molecule has 2 aromatic rings. The van der Waals surface area contributed by atoms with Gasteiger partial charge in [0.2, 0.25) is 0 Å². The summed E-state index contributed by atoms with van der Waals surface area (Å²) >= 11 is 9.16. The number of hydrogen-bond donors (Lipinski definition) is 2. The molecule has 0 saturated carbocycles. The average Bonchev–Trinajstić information content (AvgIpc) is 2.39. The van der Waals surface area contributed by atoms with E-state index in [0.29, 0.717) is 11.4 Å². The standard InChI is InChI=1S/C12H12BrClN4/c13-8-1-3-10(16-6-8)5-12(18-15)11-4-2-9(14)7-17-11/h1-4,6-7,12,18H,5,15H2. The third-order valence-corrected chi connectivity index (χ3v) is 3.20. The van der Waals surface area contributed by atoms with Crippen LogP contribution in [0.2, 0.25) is 5.02 Å². The van der Waals surface area contributed by atoms with Gasteiger partial charge in [-0.25, -0.2) is 0 Å². The van der Waals surface area contributed by atoms with Crippen LogP contribution in [0.4, 0.5) is 0 Å². The second kappa shape index (κ2) is 6.24. The van der Waals surface area contributed by atoms with Gasteiger partial charge in [0.25, 0.3) is 0 Å². The van der Waals surface area contributed by atoms with Gasteiger partial charge in [0, 0.05) is 29.0 Å². The molecule has 0 aliphatic heterocycles. The van der Waals surface area contributed by atoms with Crippen LogP contribution in [0.15, 0.2) is 41.1 Å². The van der Waals surface area contributed by atoms with E-state index >= 15 is 0 Å². The topological polar surface area (TPSA) is 63.8 Å². The van der Waals surface area contributed by atoms with E-state index in [1.54, 1.807) is 18.5 Å². The van der Waals surface area contributed by atoms with E-state index < -0.39 is 0 Å². The lowest BCUT2D eigenvalue weighted by Crippen LogP contribution is -2.30. The molecule has 2 rings (SSSR count). The lowest BCUT2D eigenvalue weighted by Gasteiger charge is -2.14. The van der Waals surface area contributed by atoms with E-state index in [9.17, 15) is 0 Å². The summed E-state index contributed by atoms with van der Waals surface area (Å²) in [6.07, 6.45) is 4.03.